The fourth-order valence-electron chi connectivity index (χ4n) is 3.72. The Morgan fingerprint density at radius 1 is 1.29 bits per heavy atom. The van der Waals surface area contributed by atoms with Gasteiger partial charge in [-0.2, -0.15) is 0 Å². The third kappa shape index (κ3) is 1.11. The van der Waals surface area contributed by atoms with Gasteiger partial charge >= 0.3 is 0 Å². The first-order valence-electron chi connectivity index (χ1n) is 6.02. The number of carbonyl (C=O) groups excluding carboxylic acids is 1. The van der Waals surface area contributed by atoms with E-state index in [2.05, 4.69) is 12.2 Å². The number of rotatable bonds is 0. The highest BCUT2D eigenvalue weighted by Crippen LogP contribution is 2.54. The minimum Gasteiger partial charge on any atom is -0.299 e. The van der Waals surface area contributed by atoms with Crippen LogP contribution in [0.25, 0.3) is 0 Å². The predicted molar refractivity (Wildman–Crippen MR) is 55.9 cm³/mol. The molecule has 0 heterocycles. The van der Waals surface area contributed by atoms with Crippen molar-refractivity contribution in [3.8, 4) is 0 Å². The average molecular weight is 190 g/mol. The van der Waals surface area contributed by atoms with Gasteiger partial charge in [-0.3, -0.25) is 4.79 Å². The lowest BCUT2D eigenvalue weighted by Gasteiger charge is -2.50. The smallest absolute Gasteiger partial charge is 0.140 e. The SMILES string of the molecule is O=C1CC2CCCCCC3(C=CC13)C2. The number of allylic oxidation sites excluding steroid dienone is 2. The number of hydrogen-bond donors (Lipinski definition) is 0. The molecule has 0 saturated heterocycles. The average Bonchev–Trinajstić information content (AvgIpc) is 2.05. The summed E-state index contributed by atoms with van der Waals surface area (Å²) in [5.74, 6) is 1.56. The van der Waals surface area contributed by atoms with Crippen LogP contribution in [0, 0.1) is 17.3 Å². The molecular formula is C13H18O. The summed E-state index contributed by atoms with van der Waals surface area (Å²) in [6.45, 7) is 0. The van der Waals surface area contributed by atoms with Gasteiger partial charge < -0.3 is 0 Å². The monoisotopic (exact) mass is 190 g/mol. The molecule has 3 atom stereocenters. The molecular weight excluding hydrogens is 172 g/mol. The van der Waals surface area contributed by atoms with Crippen LogP contribution in [0.3, 0.4) is 0 Å². The van der Waals surface area contributed by atoms with Gasteiger partial charge in [0.1, 0.15) is 5.78 Å². The first kappa shape index (κ1) is 8.70. The molecule has 1 nitrogen and oxygen atoms in total. The van der Waals surface area contributed by atoms with Crippen molar-refractivity contribution in [1.82, 2.24) is 0 Å². The molecule has 3 aliphatic carbocycles. The fraction of sp³-hybridized carbons (Fsp3) is 0.769. The topological polar surface area (TPSA) is 17.1 Å². The van der Waals surface area contributed by atoms with Gasteiger partial charge in [0.2, 0.25) is 0 Å². The van der Waals surface area contributed by atoms with E-state index in [9.17, 15) is 4.79 Å². The van der Waals surface area contributed by atoms with E-state index in [-0.39, 0.29) is 0 Å². The van der Waals surface area contributed by atoms with E-state index in [1.165, 1.54) is 38.5 Å². The molecule has 0 N–H and O–H groups in total. The lowest BCUT2D eigenvalue weighted by atomic mass is 9.53. The number of Topliss-reactive ketones (excluding diaryl/α,β-unsaturated/α-hetero) is 1. The molecule has 1 spiro atoms. The summed E-state index contributed by atoms with van der Waals surface area (Å²) in [7, 11) is 0. The van der Waals surface area contributed by atoms with Crippen molar-refractivity contribution in [2.45, 2.75) is 44.9 Å². The lowest BCUT2D eigenvalue weighted by molar-refractivity contribution is -0.131. The van der Waals surface area contributed by atoms with Crippen molar-refractivity contribution in [2.24, 2.45) is 17.3 Å². The van der Waals surface area contributed by atoms with Crippen molar-refractivity contribution < 1.29 is 4.79 Å². The molecule has 2 fully saturated rings. The second-order valence-corrected chi connectivity index (χ2v) is 5.41. The van der Waals surface area contributed by atoms with Crippen LogP contribution in [-0.4, -0.2) is 5.78 Å². The molecule has 3 rings (SSSR count). The molecule has 3 aliphatic rings. The van der Waals surface area contributed by atoms with Crippen LogP contribution < -0.4 is 0 Å². The van der Waals surface area contributed by atoms with Crippen LogP contribution in [0.5, 0.6) is 0 Å². The van der Waals surface area contributed by atoms with E-state index in [0.717, 1.165) is 6.42 Å². The quantitative estimate of drug-likeness (QED) is 0.536. The van der Waals surface area contributed by atoms with Crippen LogP contribution in [0.1, 0.15) is 44.9 Å². The molecule has 3 unspecified atom stereocenters. The van der Waals surface area contributed by atoms with Crippen molar-refractivity contribution in [3.63, 3.8) is 0 Å². The minimum atomic E-state index is 0.317. The van der Waals surface area contributed by atoms with Crippen molar-refractivity contribution >= 4 is 5.78 Å². The first-order valence-corrected chi connectivity index (χ1v) is 6.02. The molecule has 1 heteroatoms. The van der Waals surface area contributed by atoms with Crippen molar-refractivity contribution in [3.05, 3.63) is 12.2 Å². The highest BCUT2D eigenvalue weighted by Gasteiger charge is 2.49. The van der Waals surface area contributed by atoms with Gasteiger partial charge in [0.25, 0.3) is 0 Å². The third-order valence-corrected chi connectivity index (χ3v) is 4.50. The maximum Gasteiger partial charge on any atom is 0.140 e. The normalized spacial score (nSPS) is 46.1. The summed E-state index contributed by atoms with van der Waals surface area (Å²) < 4.78 is 0. The molecule has 0 amide bonds. The summed E-state index contributed by atoms with van der Waals surface area (Å²) in [6, 6.07) is 0. The third-order valence-electron chi connectivity index (χ3n) is 4.50. The first-order chi connectivity index (χ1) is 6.80. The molecule has 14 heavy (non-hydrogen) atoms. The van der Waals surface area contributed by atoms with E-state index in [1.807, 2.05) is 0 Å². The Morgan fingerprint density at radius 2 is 2.21 bits per heavy atom. The van der Waals surface area contributed by atoms with Gasteiger partial charge in [0, 0.05) is 17.8 Å². The van der Waals surface area contributed by atoms with Crippen LogP contribution >= 0.6 is 0 Å². The second kappa shape index (κ2) is 2.95. The van der Waals surface area contributed by atoms with Crippen LogP contribution in [0.4, 0.5) is 0 Å². The van der Waals surface area contributed by atoms with Crippen molar-refractivity contribution in [2.75, 3.05) is 0 Å². The minimum absolute atomic E-state index is 0.317. The van der Waals surface area contributed by atoms with Gasteiger partial charge in [-0.05, 0) is 25.2 Å². The number of ketones is 1. The molecule has 0 aromatic heterocycles. The summed E-state index contributed by atoms with van der Waals surface area (Å²) >= 11 is 0. The molecule has 0 aromatic carbocycles. The number of fused-ring (bicyclic) bond motifs is 1. The molecule has 0 radical (unpaired) electrons. The predicted octanol–water partition coefficient (Wildman–Crippen LogP) is 3.10. The largest absolute Gasteiger partial charge is 0.299 e. The van der Waals surface area contributed by atoms with Crippen molar-refractivity contribution in [1.29, 1.82) is 0 Å². The van der Waals surface area contributed by atoms with Gasteiger partial charge in [-0.15, -0.1) is 0 Å². The van der Waals surface area contributed by atoms with E-state index in [1.54, 1.807) is 0 Å². The zero-order chi connectivity index (χ0) is 9.60. The maximum absolute atomic E-state index is 11.9. The lowest BCUT2D eigenvalue weighted by Crippen LogP contribution is -2.46. The van der Waals surface area contributed by atoms with E-state index < -0.39 is 0 Å². The molecule has 0 aromatic rings. The second-order valence-electron chi connectivity index (χ2n) is 5.41. The molecule has 2 saturated carbocycles. The highest BCUT2D eigenvalue weighted by molar-refractivity contribution is 5.86. The summed E-state index contributed by atoms with van der Waals surface area (Å²) in [5.41, 5.74) is 0.334. The number of hydrogen-bond acceptors (Lipinski definition) is 1. The zero-order valence-electron chi connectivity index (χ0n) is 8.67. The van der Waals surface area contributed by atoms with Gasteiger partial charge in [-0.1, -0.05) is 31.4 Å². The van der Waals surface area contributed by atoms with E-state index in [4.69, 9.17) is 0 Å². The van der Waals surface area contributed by atoms with Crippen LogP contribution in [0.15, 0.2) is 12.2 Å². The Morgan fingerprint density at radius 3 is 3.00 bits per heavy atom. The molecule has 76 valence electrons. The van der Waals surface area contributed by atoms with Crippen LogP contribution in [-0.2, 0) is 4.79 Å². The summed E-state index contributed by atoms with van der Waals surface area (Å²) in [5, 5.41) is 0. The van der Waals surface area contributed by atoms with E-state index in [0.29, 0.717) is 23.0 Å². The van der Waals surface area contributed by atoms with E-state index >= 15 is 0 Å². The standard InChI is InChI=1S/C13H18O/c14-12-8-10-4-2-1-3-6-13(9-10)7-5-11(12)13/h5,7,10-11H,1-4,6,8-9H2. The Labute approximate surface area is 85.6 Å². The summed E-state index contributed by atoms with van der Waals surface area (Å²) in [6.07, 6.45) is 13.3. The fourth-order valence-corrected chi connectivity index (χ4v) is 3.72. The highest BCUT2D eigenvalue weighted by atomic mass is 16.1. The van der Waals surface area contributed by atoms with Gasteiger partial charge in [0.15, 0.2) is 0 Å². The van der Waals surface area contributed by atoms with Crippen LogP contribution in [0.2, 0.25) is 0 Å². The van der Waals surface area contributed by atoms with Gasteiger partial charge in [-0.25, -0.2) is 0 Å². The zero-order valence-corrected chi connectivity index (χ0v) is 8.67. The van der Waals surface area contributed by atoms with Gasteiger partial charge in [0.05, 0.1) is 0 Å². The molecule has 2 bridgehead atoms. The Balaban J connectivity index is 1.90. The Kier molecular flexibility index (Phi) is 1.83. The molecule has 0 aliphatic heterocycles. The Hall–Kier alpha value is -0.590. The summed E-state index contributed by atoms with van der Waals surface area (Å²) in [4.78, 5) is 11.9. The number of carbonyl (C=O) groups is 1. The maximum atomic E-state index is 11.9. The Bertz CT molecular complexity index is 292.